The van der Waals surface area contributed by atoms with Crippen molar-refractivity contribution < 1.29 is 4.79 Å². The number of benzene rings is 1. The number of aliphatic imine (C=N–C) groups is 1. The Bertz CT molecular complexity index is 741. The van der Waals surface area contributed by atoms with Crippen molar-refractivity contribution in [3.63, 3.8) is 0 Å². The number of hydrogen-bond acceptors (Lipinski definition) is 4. The van der Waals surface area contributed by atoms with Crippen LogP contribution in [-0.4, -0.2) is 27.8 Å². The van der Waals surface area contributed by atoms with E-state index in [4.69, 9.17) is 0 Å². The van der Waals surface area contributed by atoms with E-state index in [1.165, 1.54) is 23.8 Å². The highest BCUT2D eigenvalue weighted by molar-refractivity contribution is 5.99. The van der Waals surface area contributed by atoms with Gasteiger partial charge in [-0.25, -0.2) is 15.0 Å². The molecule has 1 spiro atoms. The molecule has 1 atom stereocenters. The molecule has 0 saturated heterocycles. The number of nitrogens with one attached hydrogen (secondary N) is 1. The van der Waals surface area contributed by atoms with E-state index in [0.717, 1.165) is 24.0 Å². The van der Waals surface area contributed by atoms with E-state index in [-0.39, 0.29) is 5.91 Å². The molecule has 5 heteroatoms. The molecule has 0 bridgehead atoms. The van der Waals surface area contributed by atoms with Crippen LogP contribution in [0.3, 0.4) is 0 Å². The minimum absolute atomic E-state index is 0.0541. The number of hydrogen-bond donors (Lipinski definition) is 1. The predicted octanol–water partition coefficient (Wildman–Crippen LogP) is 1.53. The van der Waals surface area contributed by atoms with E-state index in [9.17, 15) is 4.79 Å². The van der Waals surface area contributed by atoms with E-state index >= 15 is 0 Å². The third kappa shape index (κ3) is 1.85. The summed E-state index contributed by atoms with van der Waals surface area (Å²) < 4.78 is 0. The van der Waals surface area contributed by atoms with Gasteiger partial charge in [0, 0.05) is 24.4 Å². The molecule has 1 amide bonds. The summed E-state index contributed by atoms with van der Waals surface area (Å²) in [4.78, 5) is 24.1. The maximum absolute atomic E-state index is 12.0. The van der Waals surface area contributed by atoms with Gasteiger partial charge < -0.3 is 5.32 Å². The summed E-state index contributed by atoms with van der Waals surface area (Å²) in [5, 5.41) is 3.16. The van der Waals surface area contributed by atoms with Crippen LogP contribution in [0.15, 0.2) is 41.9 Å². The van der Waals surface area contributed by atoms with Gasteiger partial charge in [0.1, 0.15) is 11.9 Å². The summed E-state index contributed by atoms with van der Waals surface area (Å²) in [6.07, 6.45) is 9.02. The third-order valence-electron chi connectivity index (χ3n) is 4.37. The first-order valence-corrected chi connectivity index (χ1v) is 6.99. The molecule has 1 aromatic carbocycles. The summed E-state index contributed by atoms with van der Waals surface area (Å²) in [6.45, 7) is 0. The van der Waals surface area contributed by atoms with Crippen molar-refractivity contribution in [3.8, 4) is 11.1 Å². The van der Waals surface area contributed by atoms with Crippen LogP contribution in [0.25, 0.3) is 11.1 Å². The SMILES string of the molecule is O=C1N=CNC12CCc1c(cccc1-c1cncnc1)C2. The molecule has 5 nitrogen and oxygen atoms in total. The fourth-order valence-electron chi connectivity index (χ4n) is 3.26. The Labute approximate surface area is 122 Å². The van der Waals surface area contributed by atoms with Gasteiger partial charge in [0.2, 0.25) is 0 Å². The van der Waals surface area contributed by atoms with Gasteiger partial charge in [0.05, 0.1) is 6.34 Å². The van der Waals surface area contributed by atoms with E-state index in [1.807, 2.05) is 18.5 Å². The second kappa shape index (κ2) is 4.48. The number of carbonyl (C=O) groups excluding carboxylic acids is 1. The van der Waals surface area contributed by atoms with Gasteiger partial charge in [-0.15, -0.1) is 0 Å². The van der Waals surface area contributed by atoms with Gasteiger partial charge in [-0.1, -0.05) is 18.2 Å². The Morgan fingerprint density at radius 1 is 1.19 bits per heavy atom. The fourth-order valence-corrected chi connectivity index (χ4v) is 3.26. The smallest absolute Gasteiger partial charge is 0.273 e. The number of aromatic nitrogens is 2. The van der Waals surface area contributed by atoms with Gasteiger partial charge >= 0.3 is 0 Å². The standard InChI is InChI=1S/C16H14N4O/c21-15-16(20-10-19-15)5-4-14-11(6-16)2-1-3-13(14)12-7-17-9-18-8-12/h1-3,7-10H,4-6H2,(H,19,20,21). The van der Waals surface area contributed by atoms with E-state index < -0.39 is 5.54 Å². The van der Waals surface area contributed by atoms with Crippen LogP contribution in [0.1, 0.15) is 17.5 Å². The normalized spacial score (nSPS) is 23.1. The molecule has 2 heterocycles. The summed E-state index contributed by atoms with van der Waals surface area (Å²) in [5.74, 6) is -0.0541. The van der Waals surface area contributed by atoms with Crippen LogP contribution in [0.4, 0.5) is 0 Å². The van der Waals surface area contributed by atoms with Gasteiger partial charge in [-0.05, 0) is 29.5 Å². The zero-order valence-corrected chi connectivity index (χ0v) is 11.4. The number of nitrogens with zero attached hydrogens (tertiary/aromatic N) is 3. The average Bonchev–Trinajstić information content (AvgIpc) is 2.88. The van der Waals surface area contributed by atoms with Crippen molar-refractivity contribution in [2.75, 3.05) is 0 Å². The summed E-state index contributed by atoms with van der Waals surface area (Å²) >= 11 is 0. The van der Waals surface area contributed by atoms with E-state index in [0.29, 0.717) is 6.42 Å². The Balaban J connectivity index is 1.77. The van der Waals surface area contributed by atoms with Crippen LogP contribution in [-0.2, 0) is 17.6 Å². The van der Waals surface area contributed by atoms with E-state index in [1.54, 1.807) is 0 Å². The minimum atomic E-state index is -0.529. The second-order valence-corrected chi connectivity index (χ2v) is 5.54. The summed E-state index contributed by atoms with van der Waals surface area (Å²) in [6, 6.07) is 6.22. The Morgan fingerprint density at radius 2 is 2.05 bits per heavy atom. The lowest BCUT2D eigenvalue weighted by Gasteiger charge is -2.33. The first-order valence-electron chi connectivity index (χ1n) is 6.99. The highest BCUT2D eigenvalue weighted by Crippen LogP contribution is 2.36. The molecule has 0 fully saturated rings. The van der Waals surface area contributed by atoms with Gasteiger partial charge in [0.15, 0.2) is 0 Å². The van der Waals surface area contributed by atoms with Crippen molar-refractivity contribution in [3.05, 3.63) is 48.0 Å². The number of rotatable bonds is 1. The first-order chi connectivity index (χ1) is 10.3. The molecule has 104 valence electrons. The Kier molecular flexibility index (Phi) is 2.60. The predicted molar refractivity (Wildman–Crippen MR) is 78.9 cm³/mol. The summed E-state index contributed by atoms with van der Waals surface area (Å²) in [7, 11) is 0. The lowest BCUT2D eigenvalue weighted by Crippen LogP contribution is -2.50. The monoisotopic (exact) mass is 278 g/mol. The second-order valence-electron chi connectivity index (χ2n) is 5.54. The van der Waals surface area contributed by atoms with Crippen molar-refractivity contribution >= 4 is 12.2 Å². The number of amides is 1. The molecule has 21 heavy (non-hydrogen) atoms. The molecule has 0 radical (unpaired) electrons. The van der Waals surface area contributed by atoms with Gasteiger partial charge in [0.25, 0.3) is 5.91 Å². The number of fused-ring (bicyclic) bond motifs is 1. The molecule has 1 N–H and O–H groups in total. The molecule has 2 aliphatic rings. The van der Waals surface area contributed by atoms with Crippen LogP contribution < -0.4 is 5.32 Å². The molecular formula is C16H14N4O. The van der Waals surface area contributed by atoms with Crippen molar-refractivity contribution in [2.45, 2.75) is 24.8 Å². The molecule has 1 unspecified atom stereocenters. The van der Waals surface area contributed by atoms with Crippen LogP contribution >= 0.6 is 0 Å². The Morgan fingerprint density at radius 3 is 2.81 bits per heavy atom. The quantitative estimate of drug-likeness (QED) is 0.859. The van der Waals surface area contributed by atoms with Crippen LogP contribution in [0.5, 0.6) is 0 Å². The molecule has 1 aliphatic carbocycles. The lowest BCUT2D eigenvalue weighted by molar-refractivity contribution is -0.122. The van der Waals surface area contributed by atoms with Gasteiger partial charge in [-0.3, -0.25) is 4.79 Å². The lowest BCUT2D eigenvalue weighted by atomic mass is 9.76. The minimum Gasteiger partial charge on any atom is -0.362 e. The topological polar surface area (TPSA) is 67.2 Å². The molecular weight excluding hydrogens is 264 g/mol. The van der Waals surface area contributed by atoms with Gasteiger partial charge in [-0.2, -0.15) is 0 Å². The van der Waals surface area contributed by atoms with Crippen molar-refractivity contribution in [2.24, 2.45) is 4.99 Å². The number of carbonyl (C=O) groups is 1. The maximum atomic E-state index is 12.0. The highest BCUT2D eigenvalue weighted by atomic mass is 16.2. The van der Waals surface area contributed by atoms with Crippen molar-refractivity contribution in [1.29, 1.82) is 0 Å². The molecule has 0 saturated carbocycles. The van der Waals surface area contributed by atoms with Crippen molar-refractivity contribution in [1.82, 2.24) is 15.3 Å². The van der Waals surface area contributed by atoms with E-state index in [2.05, 4.69) is 32.4 Å². The highest BCUT2D eigenvalue weighted by Gasteiger charge is 2.43. The largest absolute Gasteiger partial charge is 0.362 e. The molecule has 2 aromatic rings. The molecule has 1 aromatic heterocycles. The molecule has 1 aliphatic heterocycles. The molecule has 4 rings (SSSR count). The maximum Gasteiger partial charge on any atom is 0.273 e. The average molecular weight is 278 g/mol. The fraction of sp³-hybridized carbons (Fsp3) is 0.250. The van der Waals surface area contributed by atoms with Crippen LogP contribution in [0.2, 0.25) is 0 Å². The zero-order chi connectivity index (χ0) is 14.3. The first kappa shape index (κ1) is 12.2. The van der Waals surface area contributed by atoms with Crippen LogP contribution in [0, 0.1) is 0 Å². The summed E-state index contributed by atoms with van der Waals surface area (Å²) in [5.41, 5.74) is 4.15. The zero-order valence-electron chi connectivity index (χ0n) is 11.4. The third-order valence-corrected chi connectivity index (χ3v) is 4.37. The Hall–Kier alpha value is -2.56.